The summed E-state index contributed by atoms with van der Waals surface area (Å²) in [5, 5.41) is 2.45. The Morgan fingerprint density at radius 3 is 1.65 bits per heavy atom. The largest absolute Gasteiger partial charge is 0.494 e. The van der Waals surface area contributed by atoms with Crippen molar-refractivity contribution in [2.45, 2.75) is 38.9 Å². The first kappa shape index (κ1) is 32.1. The summed E-state index contributed by atoms with van der Waals surface area (Å²) >= 11 is 0. The van der Waals surface area contributed by atoms with E-state index in [9.17, 15) is 0 Å². The molecule has 0 unspecified atom stereocenters. The lowest BCUT2D eigenvalue weighted by molar-refractivity contribution is 0.00578. The highest BCUT2D eigenvalue weighted by Crippen LogP contribution is 2.38. The minimum absolute atomic E-state index is 0.437. The zero-order chi connectivity index (χ0) is 35.5. The number of benzene rings is 6. The standard InChI is InChI=1S/C45H37BN4O2/c1-44(2)45(3,4)52-46(51-44)35-17-13-16-34(28-35)43-48-41(31-14-7-5-8-15-31)47-42(49-43)32-24-22-30(23-25-32)33-26-27-40-38(29-33)37-20-11-12-21-39(37)50(40)36-18-9-6-10-19-36/h5-29H,1-4H3. The van der Waals surface area contributed by atoms with Crippen molar-refractivity contribution in [3.8, 4) is 51.0 Å². The van der Waals surface area contributed by atoms with Crippen molar-refractivity contribution in [1.29, 1.82) is 0 Å². The Balaban J connectivity index is 1.09. The Hall–Kier alpha value is -5.89. The lowest BCUT2D eigenvalue weighted by atomic mass is 9.78. The van der Waals surface area contributed by atoms with E-state index in [1.165, 1.54) is 21.8 Å². The van der Waals surface area contributed by atoms with Crippen molar-refractivity contribution in [3.05, 3.63) is 152 Å². The monoisotopic (exact) mass is 676 g/mol. The van der Waals surface area contributed by atoms with Gasteiger partial charge in [0, 0.05) is 33.2 Å². The molecule has 0 atom stereocenters. The summed E-state index contributed by atoms with van der Waals surface area (Å²) in [5.74, 6) is 1.82. The third kappa shape index (κ3) is 5.59. The third-order valence-corrected chi connectivity index (χ3v) is 10.5. The molecule has 2 aromatic heterocycles. The molecular formula is C45H37BN4O2. The fourth-order valence-corrected chi connectivity index (χ4v) is 6.97. The lowest BCUT2D eigenvalue weighted by Gasteiger charge is -2.32. The van der Waals surface area contributed by atoms with Gasteiger partial charge in [-0.2, -0.15) is 0 Å². The molecule has 7 heteroatoms. The van der Waals surface area contributed by atoms with Gasteiger partial charge < -0.3 is 13.9 Å². The van der Waals surface area contributed by atoms with Crippen LogP contribution >= 0.6 is 0 Å². The number of rotatable bonds is 6. The molecule has 0 N–H and O–H groups in total. The van der Waals surface area contributed by atoms with Gasteiger partial charge in [-0.15, -0.1) is 0 Å². The first-order valence-electron chi connectivity index (χ1n) is 17.7. The van der Waals surface area contributed by atoms with Crippen LogP contribution in [0.5, 0.6) is 0 Å². The van der Waals surface area contributed by atoms with E-state index in [0.717, 1.165) is 39.0 Å². The normalized spacial score (nSPS) is 15.0. The highest BCUT2D eigenvalue weighted by atomic mass is 16.7. The Bertz CT molecular complexity index is 2570. The van der Waals surface area contributed by atoms with Crippen molar-refractivity contribution in [1.82, 2.24) is 19.5 Å². The molecule has 0 radical (unpaired) electrons. The third-order valence-electron chi connectivity index (χ3n) is 10.5. The number of nitrogens with zero attached hydrogens (tertiary/aromatic N) is 4. The van der Waals surface area contributed by atoms with Gasteiger partial charge in [-0.05, 0) is 74.6 Å². The van der Waals surface area contributed by atoms with Crippen molar-refractivity contribution in [2.75, 3.05) is 0 Å². The van der Waals surface area contributed by atoms with Crippen LogP contribution in [0.1, 0.15) is 27.7 Å². The first-order valence-corrected chi connectivity index (χ1v) is 17.7. The molecule has 1 fully saturated rings. The van der Waals surface area contributed by atoms with Gasteiger partial charge in [0.1, 0.15) is 0 Å². The van der Waals surface area contributed by atoms with Crippen LogP contribution in [0.2, 0.25) is 0 Å². The van der Waals surface area contributed by atoms with Crippen LogP contribution in [0, 0.1) is 0 Å². The summed E-state index contributed by atoms with van der Waals surface area (Å²) in [6.07, 6.45) is 0. The Kier molecular flexibility index (Phi) is 7.65. The molecule has 0 amide bonds. The highest BCUT2D eigenvalue weighted by molar-refractivity contribution is 6.62. The van der Waals surface area contributed by atoms with E-state index in [4.69, 9.17) is 24.3 Å². The fourth-order valence-electron chi connectivity index (χ4n) is 6.97. The molecule has 0 spiro atoms. The van der Waals surface area contributed by atoms with Gasteiger partial charge in [-0.3, -0.25) is 0 Å². The summed E-state index contributed by atoms with van der Waals surface area (Å²) in [7, 11) is -0.485. The number of fused-ring (bicyclic) bond motifs is 3. The van der Waals surface area contributed by atoms with Crippen molar-refractivity contribution in [3.63, 3.8) is 0 Å². The predicted molar refractivity (Wildman–Crippen MR) is 212 cm³/mol. The molecule has 9 rings (SSSR count). The summed E-state index contributed by atoms with van der Waals surface area (Å²) in [6.45, 7) is 8.26. The van der Waals surface area contributed by atoms with Gasteiger partial charge in [0.15, 0.2) is 17.5 Å². The summed E-state index contributed by atoms with van der Waals surface area (Å²) in [4.78, 5) is 15.0. The molecule has 252 valence electrons. The van der Waals surface area contributed by atoms with E-state index in [-0.39, 0.29) is 0 Å². The van der Waals surface area contributed by atoms with E-state index in [2.05, 4.69) is 135 Å². The maximum Gasteiger partial charge on any atom is 0.494 e. The van der Waals surface area contributed by atoms with Gasteiger partial charge in [0.05, 0.1) is 22.2 Å². The summed E-state index contributed by atoms with van der Waals surface area (Å²) in [6, 6.07) is 52.6. The minimum atomic E-state index is -0.485. The predicted octanol–water partition coefficient (Wildman–Crippen LogP) is 9.94. The number of hydrogen-bond acceptors (Lipinski definition) is 5. The first-order chi connectivity index (χ1) is 25.2. The molecule has 1 aliphatic rings. The molecule has 6 nitrogen and oxygen atoms in total. The van der Waals surface area contributed by atoms with E-state index in [1.807, 2.05) is 48.5 Å². The minimum Gasteiger partial charge on any atom is -0.399 e. The van der Waals surface area contributed by atoms with Gasteiger partial charge in [0.2, 0.25) is 0 Å². The van der Waals surface area contributed by atoms with Crippen LogP contribution in [0.4, 0.5) is 0 Å². The van der Waals surface area contributed by atoms with Crippen LogP contribution in [-0.4, -0.2) is 37.8 Å². The fraction of sp³-hybridized carbons (Fsp3) is 0.133. The Morgan fingerprint density at radius 1 is 0.442 bits per heavy atom. The van der Waals surface area contributed by atoms with Gasteiger partial charge in [-0.25, -0.2) is 15.0 Å². The smallest absolute Gasteiger partial charge is 0.399 e. The average molecular weight is 677 g/mol. The van der Waals surface area contributed by atoms with Crippen LogP contribution in [0.15, 0.2) is 152 Å². The van der Waals surface area contributed by atoms with Gasteiger partial charge in [0.25, 0.3) is 0 Å². The van der Waals surface area contributed by atoms with E-state index < -0.39 is 18.3 Å². The maximum atomic E-state index is 6.36. The average Bonchev–Trinajstić information content (AvgIpc) is 3.63. The van der Waals surface area contributed by atoms with Crippen LogP contribution in [0.25, 0.3) is 72.8 Å². The molecule has 52 heavy (non-hydrogen) atoms. The lowest BCUT2D eigenvalue weighted by Crippen LogP contribution is -2.41. The second-order valence-electron chi connectivity index (χ2n) is 14.4. The van der Waals surface area contributed by atoms with E-state index in [0.29, 0.717) is 17.5 Å². The quantitative estimate of drug-likeness (QED) is 0.164. The second-order valence-corrected chi connectivity index (χ2v) is 14.4. The highest BCUT2D eigenvalue weighted by Gasteiger charge is 2.51. The maximum absolute atomic E-state index is 6.36. The molecule has 1 saturated heterocycles. The number of hydrogen-bond donors (Lipinski definition) is 0. The number of para-hydroxylation sites is 2. The van der Waals surface area contributed by atoms with E-state index >= 15 is 0 Å². The van der Waals surface area contributed by atoms with Gasteiger partial charge >= 0.3 is 7.12 Å². The molecule has 0 saturated carbocycles. The van der Waals surface area contributed by atoms with Crippen molar-refractivity contribution >= 4 is 34.4 Å². The molecule has 0 bridgehead atoms. The Morgan fingerprint density at radius 2 is 0.962 bits per heavy atom. The molecular weight excluding hydrogens is 639 g/mol. The van der Waals surface area contributed by atoms with Crippen molar-refractivity contribution in [2.24, 2.45) is 0 Å². The summed E-state index contributed by atoms with van der Waals surface area (Å²) < 4.78 is 15.1. The Labute approximate surface area is 303 Å². The molecule has 1 aliphatic heterocycles. The van der Waals surface area contributed by atoms with Gasteiger partial charge in [-0.1, -0.05) is 121 Å². The summed E-state index contributed by atoms with van der Waals surface area (Å²) in [5.41, 5.74) is 8.55. The topological polar surface area (TPSA) is 62.1 Å². The van der Waals surface area contributed by atoms with Crippen LogP contribution in [0.3, 0.4) is 0 Å². The molecule has 8 aromatic rings. The SMILES string of the molecule is CC1(C)OB(c2cccc(-c3nc(-c4ccccc4)nc(-c4ccc(-c5ccc6c(c5)c5ccccc5n6-c5ccccc5)cc4)n3)c2)OC1(C)C. The zero-order valence-electron chi connectivity index (χ0n) is 29.6. The zero-order valence-corrected chi connectivity index (χ0v) is 29.6. The van der Waals surface area contributed by atoms with Crippen LogP contribution < -0.4 is 5.46 Å². The molecule has 6 aromatic carbocycles. The molecule has 3 heterocycles. The second kappa shape index (κ2) is 12.4. The van der Waals surface area contributed by atoms with E-state index in [1.54, 1.807) is 0 Å². The van der Waals surface area contributed by atoms with Crippen LogP contribution in [-0.2, 0) is 9.31 Å². The number of aromatic nitrogens is 4. The molecule has 0 aliphatic carbocycles. The van der Waals surface area contributed by atoms with Crippen molar-refractivity contribution < 1.29 is 9.31 Å².